The highest BCUT2D eigenvalue weighted by Gasteiger charge is 2.47. The molecule has 2 aromatic heterocycles. The molecule has 0 amide bonds. The number of hydrogen-bond acceptors (Lipinski definition) is 6. The smallest absolute Gasteiger partial charge is 0.249 e. The Balaban J connectivity index is 1.50. The van der Waals surface area contributed by atoms with E-state index >= 15 is 0 Å². The number of likely N-dealkylation sites (tertiary alicyclic amines) is 1. The fourth-order valence-corrected chi connectivity index (χ4v) is 5.90. The zero-order chi connectivity index (χ0) is 21.4. The van der Waals surface area contributed by atoms with Crippen LogP contribution in [0.2, 0.25) is 0 Å². The lowest BCUT2D eigenvalue weighted by Crippen LogP contribution is -2.46. The van der Waals surface area contributed by atoms with Gasteiger partial charge in [0, 0.05) is 32.0 Å². The molecule has 160 valence electrons. The maximum absolute atomic E-state index is 13.6. The Bertz CT molecular complexity index is 1190. The van der Waals surface area contributed by atoms with Crippen molar-refractivity contribution in [2.45, 2.75) is 30.1 Å². The first-order chi connectivity index (χ1) is 15.0. The molecule has 0 unspecified atom stereocenters. The molecule has 2 atom stereocenters. The number of fused-ring (bicyclic) bond motifs is 2. The highest BCUT2D eigenvalue weighted by molar-refractivity contribution is 7.89. The van der Waals surface area contributed by atoms with Crippen molar-refractivity contribution in [2.24, 2.45) is 0 Å². The first-order valence-corrected chi connectivity index (χ1v) is 11.4. The van der Waals surface area contributed by atoms with E-state index in [4.69, 9.17) is 4.74 Å². The van der Waals surface area contributed by atoms with Gasteiger partial charge in [-0.2, -0.15) is 4.31 Å². The van der Waals surface area contributed by atoms with E-state index in [2.05, 4.69) is 14.9 Å². The summed E-state index contributed by atoms with van der Waals surface area (Å²) in [4.78, 5) is 10.7. The molecule has 1 saturated heterocycles. The van der Waals surface area contributed by atoms with Gasteiger partial charge in [-0.05, 0) is 42.0 Å². The van der Waals surface area contributed by atoms with Crippen LogP contribution in [0.15, 0.2) is 71.9 Å². The molecule has 0 spiro atoms. The summed E-state index contributed by atoms with van der Waals surface area (Å²) in [6.45, 7) is 1.60. The molecule has 2 aliphatic rings. The lowest BCUT2D eigenvalue weighted by Gasteiger charge is -2.27. The van der Waals surface area contributed by atoms with Crippen LogP contribution in [0.25, 0.3) is 0 Å². The van der Waals surface area contributed by atoms with Crippen LogP contribution in [0, 0.1) is 5.82 Å². The molecule has 7 nitrogen and oxygen atoms in total. The SMILES string of the molecule is O=S1(=O)c2cccnc2O[C@@H]2CN(Cc3cccc(F)c3)C[C@H]2N1Cc1ccccn1. The normalized spacial score (nSPS) is 22.9. The Morgan fingerprint density at radius 1 is 1.00 bits per heavy atom. The van der Waals surface area contributed by atoms with Gasteiger partial charge < -0.3 is 4.74 Å². The van der Waals surface area contributed by atoms with E-state index in [-0.39, 0.29) is 23.1 Å². The number of hydrogen-bond donors (Lipinski definition) is 0. The Labute approximate surface area is 180 Å². The van der Waals surface area contributed by atoms with Crippen LogP contribution in [0.3, 0.4) is 0 Å². The third-order valence-electron chi connectivity index (χ3n) is 5.61. The molecule has 2 aliphatic heterocycles. The number of ether oxygens (including phenoxy) is 1. The monoisotopic (exact) mass is 440 g/mol. The maximum Gasteiger partial charge on any atom is 0.249 e. The number of pyridine rings is 2. The summed E-state index contributed by atoms with van der Waals surface area (Å²) in [5, 5.41) is 0. The fraction of sp³-hybridized carbons (Fsp3) is 0.273. The summed E-state index contributed by atoms with van der Waals surface area (Å²) in [5.74, 6) is -0.173. The zero-order valence-electron chi connectivity index (χ0n) is 16.6. The van der Waals surface area contributed by atoms with Gasteiger partial charge in [0.1, 0.15) is 16.8 Å². The van der Waals surface area contributed by atoms with Gasteiger partial charge in [0.15, 0.2) is 0 Å². The molecule has 5 rings (SSSR count). The van der Waals surface area contributed by atoms with Crippen molar-refractivity contribution in [1.29, 1.82) is 0 Å². The van der Waals surface area contributed by atoms with Crippen LogP contribution in [0.5, 0.6) is 5.88 Å². The standard InChI is InChI=1S/C22H21FN4O3S/c23-17-6-3-5-16(11-17)12-26-14-19-20(15-26)30-22-21(8-4-10-25-22)31(28,29)27(19)13-18-7-1-2-9-24-18/h1-11,19-20H,12-15H2/t19-,20-/m1/s1. The second kappa shape index (κ2) is 7.99. The molecule has 1 fully saturated rings. The van der Waals surface area contributed by atoms with Crippen LogP contribution >= 0.6 is 0 Å². The molecule has 31 heavy (non-hydrogen) atoms. The van der Waals surface area contributed by atoms with Gasteiger partial charge in [-0.1, -0.05) is 18.2 Å². The lowest BCUT2D eigenvalue weighted by atomic mass is 10.2. The zero-order valence-corrected chi connectivity index (χ0v) is 17.5. The number of aromatic nitrogens is 2. The fourth-order valence-electron chi connectivity index (χ4n) is 4.21. The van der Waals surface area contributed by atoms with Crippen molar-refractivity contribution in [1.82, 2.24) is 19.2 Å². The van der Waals surface area contributed by atoms with Crippen molar-refractivity contribution >= 4 is 10.0 Å². The van der Waals surface area contributed by atoms with E-state index in [1.54, 1.807) is 30.5 Å². The molecule has 9 heteroatoms. The van der Waals surface area contributed by atoms with Crippen molar-refractivity contribution in [3.8, 4) is 5.88 Å². The topological polar surface area (TPSA) is 75.6 Å². The second-order valence-corrected chi connectivity index (χ2v) is 9.58. The highest BCUT2D eigenvalue weighted by atomic mass is 32.2. The minimum Gasteiger partial charge on any atom is -0.470 e. The van der Waals surface area contributed by atoms with Crippen molar-refractivity contribution < 1.29 is 17.5 Å². The van der Waals surface area contributed by atoms with Gasteiger partial charge >= 0.3 is 0 Å². The number of rotatable bonds is 4. The quantitative estimate of drug-likeness (QED) is 0.621. The molecule has 0 aliphatic carbocycles. The average molecular weight is 441 g/mol. The van der Waals surface area contributed by atoms with Gasteiger partial charge in [0.2, 0.25) is 15.9 Å². The van der Waals surface area contributed by atoms with E-state index in [1.165, 1.54) is 28.7 Å². The molecule has 0 bridgehead atoms. The first kappa shape index (κ1) is 20.0. The number of benzene rings is 1. The number of nitrogens with zero attached hydrogens (tertiary/aromatic N) is 4. The van der Waals surface area contributed by atoms with Crippen molar-refractivity contribution in [2.75, 3.05) is 13.1 Å². The third kappa shape index (κ3) is 3.91. The average Bonchev–Trinajstić information content (AvgIpc) is 3.11. The summed E-state index contributed by atoms with van der Waals surface area (Å²) in [6, 6.07) is 14.6. The summed E-state index contributed by atoms with van der Waals surface area (Å²) < 4.78 is 48.4. The second-order valence-electron chi connectivity index (χ2n) is 7.73. The molecule has 3 aromatic rings. The molecular formula is C22H21FN4O3S. The summed E-state index contributed by atoms with van der Waals surface area (Å²) in [7, 11) is -3.86. The predicted molar refractivity (Wildman–Crippen MR) is 111 cm³/mol. The Kier molecular flexibility index (Phi) is 5.17. The number of sulfonamides is 1. The largest absolute Gasteiger partial charge is 0.470 e. The molecule has 4 heterocycles. The summed E-state index contributed by atoms with van der Waals surface area (Å²) in [5.41, 5.74) is 1.48. The maximum atomic E-state index is 13.6. The molecule has 0 saturated carbocycles. The van der Waals surface area contributed by atoms with Crippen LogP contribution in [0.1, 0.15) is 11.3 Å². The highest BCUT2D eigenvalue weighted by Crippen LogP contribution is 2.35. The van der Waals surface area contributed by atoms with Gasteiger partial charge in [-0.15, -0.1) is 0 Å². The Hall–Kier alpha value is -2.88. The Morgan fingerprint density at radius 3 is 2.68 bits per heavy atom. The van der Waals surface area contributed by atoms with Crippen molar-refractivity contribution in [3.63, 3.8) is 0 Å². The van der Waals surface area contributed by atoms with Gasteiger partial charge in [-0.3, -0.25) is 9.88 Å². The van der Waals surface area contributed by atoms with E-state index in [0.717, 1.165) is 5.56 Å². The predicted octanol–water partition coefficient (Wildman–Crippen LogP) is 2.45. The Morgan fingerprint density at radius 2 is 1.87 bits per heavy atom. The third-order valence-corrected chi connectivity index (χ3v) is 7.49. The van der Waals surface area contributed by atoms with Crippen LogP contribution in [0.4, 0.5) is 4.39 Å². The van der Waals surface area contributed by atoms with Crippen LogP contribution < -0.4 is 4.74 Å². The summed E-state index contributed by atoms with van der Waals surface area (Å²) >= 11 is 0. The minimum absolute atomic E-state index is 0.0667. The van der Waals surface area contributed by atoms with Gasteiger partial charge in [0.05, 0.1) is 18.3 Å². The van der Waals surface area contributed by atoms with E-state index < -0.39 is 22.2 Å². The van der Waals surface area contributed by atoms with Crippen LogP contribution in [-0.2, 0) is 23.1 Å². The summed E-state index contributed by atoms with van der Waals surface area (Å²) in [6.07, 6.45) is 2.77. The number of halogens is 1. The van der Waals surface area contributed by atoms with E-state index in [1.807, 2.05) is 12.1 Å². The van der Waals surface area contributed by atoms with Crippen molar-refractivity contribution in [3.05, 3.63) is 84.1 Å². The van der Waals surface area contributed by atoms with E-state index in [0.29, 0.717) is 25.3 Å². The van der Waals surface area contributed by atoms with E-state index in [9.17, 15) is 12.8 Å². The van der Waals surface area contributed by atoms with Crippen LogP contribution in [-0.4, -0.2) is 52.8 Å². The first-order valence-electron chi connectivity index (χ1n) is 10.0. The van der Waals surface area contributed by atoms with Gasteiger partial charge in [-0.25, -0.2) is 17.8 Å². The molecule has 1 aromatic carbocycles. The minimum atomic E-state index is -3.86. The molecule has 0 radical (unpaired) electrons. The lowest BCUT2D eigenvalue weighted by molar-refractivity contribution is 0.143. The van der Waals surface area contributed by atoms with Gasteiger partial charge in [0.25, 0.3) is 0 Å². The molecular weight excluding hydrogens is 419 g/mol. The molecule has 0 N–H and O–H groups in total.